The molecular formula is C22H22N4O2. The lowest BCUT2D eigenvalue weighted by Crippen LogP contribution is -2.27. The molecule has 0 unspecified atom stereocenters. The van der Waals surface area contributed by atoms with Gasteiger partial charge in [0, 0.05) is 22.7 Å². The molecule has 0 atom stereocenters. The number of amides is 2. The largest absolute Gasteiger partial charge is 0.399 e. The molecule has 0 aliphatic carbocycles. The zero-order valence-corrected chi connectivity index (χ0v) is 15.3. The third kappa shape index (κ3) is 4.67. The van der Waals surface area contributed by atoms with Crippen LogP contribution in [0.4, 0.5) is 22.7 Å². The number of nitrogen functional groups attached to an aromatic ring is 2. The average molecular weight is 374 g/mol. The lowest BCUT2D eigenvalue weighted by molar-refractivity contribution is -0.118. The SMILES string of the molecule is NC(=O)Cc1ccc(CC(=O)N(c2ccc(N)cc2)c2ccc(N)cc2)cc1. The Labute approximate surface area is 163 Å². The molecule has 0 spiro atoms. The van der Waals surface area contributed by atoms with Crippen molar-refractivity contribution in [1.29, 1.82) is 0 Å². The quantitative estimate of drug-likeness (QED) is 0.575. The highest BCUT2D eigenvalue weighted by atomic mass is 16.2. The van der Waals surface area contributed by atoms with Crippen molar-refractivity contribution >= 4 is 34.6 Å². The van der Waals surface area contributed by atoms with Crippen LogP contribution in [0.2, 0.25) is 0 Å². The van der Waals surface area contributed by atoms with E-state index in [9.17, 15) is 9.59 Å². The predicted octanol–water partition coefficient (Wildman–Crippen LogP) is 2.79. The van der Waals surface area contributed by atoms with Gasteiger partial charge >= 0.3 is 0 Å². The molecule has 0 saturated carbocycles. The highest BCUT2D eigenvalue weighted by molar-refractivity contribution is 6.01. The molecule has 0 heterocycles. The van der Waals surface area contributed by atoms with Crippen LogP contribution < -0.4 is 22.1 Å². The normalized spacial score (nSPS) is 10.4. The van der Waals surface area contributed by atoms with Crippen molar-refractivity contribution in [2.45, 2.75) is 12.8 Å². The summed E-state index contributed by atoms with van der Waals surface area (Å²) in [6, 6.07) is 21.5. The topological polar surface area (TPSA) is 115 Å². The van der Waals surface area contributed by atoms with E-state index in [4.69, 9.17) is 17.2 Å². The molecule has 0 radical (unpaired) electrons. The maximum absolute atomic E-state index is 13.1. The summed E-state index contributed by atoms with van der Waals surface area (Å²) in [7, 11) is 0. The molecule has 0 bridgehead atoms. The molecular weight excluding hydrogens is 352 g/mol. The van der Waals surface area contributed by atoms with Crippen molar-refractivity contribution in [3.05, 3.63) is 83.9 Å². The van der Waals surface area contributed by atoms with Crippen molar-refractivity contribution in [3.63, 3.8) is 0 Å². The molecule has 6 N–H and O–H groups in total. The molecule has 3 rings (SSSR count). The second kappa shape index (κ2) is 8.26. The van der Waals surface area contributed by atoms with E-state index in [0.29, 0.717) is 22.7 Å². The van der Waals surface area contributed by atoms with Gasteiger partial charge in [0.25, 0.3) is 0 Å². The molecule has 2 amide bonds. The molecule has 142 valence electrons. The Morgan fingerprint density at radius 3 is 1.43 bits per heavy atom. The Morgan fingerprint density at radius 1 is 0.643 bits per heavy atom. The van der Waals surface area contributed by atoms with Crippen molar-refractivity contribution in [1.82, 2.24) is 0 Å². The maximum atomic E-state index is 13.1. The number of anilines is 4. The van der Waals surface area contributed by atoms with E-state index in [1.807, 2.05) is 24.3 Å². The van der Waals surface area contributed by atoms with Crippen molar-refractivity contribution in [2.75, 3.05) is 16.4 Å². The van der Waals surface area contributed by atoms with Gasteiger partial charge in [-0.2, -0.15) is 0 Å². The van der Waals surface area contributed by atoms with Gasteiger partial charge in [-0.3, -0.25) is 14.5 Å². The van der Waals surface area contributed by atoms with Gasteiger partial charge in [-0.25, -0.2) is 0 Å². The molecule has 0 aliphatic heterocycles. The van der Waals surface area contributed by atoms with Crippen LogP contribution in [-0.2, 0) is 22.4 Å². The van der Waals surface area contributed by atoms with Gasteiger partial charge in [-0.1, -0.05) is 24.3 Å². The first-order chi connectivity index (χ1) is 13.4. The Kier molecular flexibility index (Phi) is 5.60. The average Bonchev–Trinajstić information content (AvgIpc) is 2.66. The van der Waals surface area contributed by atoms with Crippen LogP contribution >= 0.6 is 0 Å². The molecule has 3 aromatic rings. The van der Waals surface area contributed by atoms with Crippen LogP contribution in [0.15, 0.2) is 72.8 Å². The first-order valence-electron chi connectivity index (χ1n) is 8.82. The monoisotopic (exact) mass is 374 g/mol. The van der Waals surface area contributed by atoms with E-state index in [0.717, 1.165) is 11.1 Å². The minimum atomic E-state index is -0.387. The molecule has 28 heavy (non-hydrogen) atoms. The number of rotatable bonds is 6. The van der Waals surface area contributed by atoms with Gasteiger partial charge in [0.1, 0.15) is 0 Å². The van der Waals surface area contributed by atoms with E-state index in [-0.39, 0.29) is 24.7 Å². The molecule has 6 nitrogen and oxygen atoms in total. The summed E-state index contributed by atoms with van der Waals surface area (Å²) in [4.78, 5) is 25.8. The highest BCUT2D eigenvalue weighted by Crippen LogP contribution is 2.28. The van der Waals surface area contributed by atoms with Crippen molar-refractivity contribution < 1.29 is 9.59 Å². The fourth-order valence-electron chi connectivity index (χ4n) is 2.91. The molecule has 0 fully saturated rings. The number of carbonyl (C=O) groups is 2. The summed E-state index contributed by atoms with van der Waals surface area (Å²) in [5.74, 6) is -0.487. The maximum Gasteiger partial charge on any atom is 0.235 e. The van der Waals surface area contributed by atoms with E-state index in [1.54, 1.807) is 53.4 Å². The molecule has 6 heteroatoms. The molecule has 0 aromatic heterocycles. The van der Waals surface area contributed by atoms with Crippen LogP contribution in [0, 0.1) is 0 Å². The molecule has 0 aliphatic rings. The van der Waals surface area contributed by atoms with E-state index in [2.05, 4.69) is 0 Å². The van der Waals surface area contributed by atoms with E-state index in [1.165, 1.54) is 0 Å². The summed E-state index contributed by atoms with van der Waals surface area (Å²) >= 11 is 0. The number of benzene rings is 3. The van der Waals surface area contributed by atoms with Crippen LogP contribution in [0.1, 0.15) is 11.1 Å². The van der Waals surface area contributed by atoms with E-state index >= 15 is 0 Å². The second-order valence-corrected chi connectivity index (χ2v) is 6.55. The van der Waals surface area contributed by atoms with Crippen LogP contribution in [0.25, 0.3) is 0 Å². The summed E-state index contributed by atoms with van der Waals surface area (Å²) in [5, 5.41) is 0. The van der Waals surface area contributed by atoms with Crippen molar-refractivity contribution in [3.8, 4) is 0 Å². The van der Waals surface area contributed by atoms with Crippen LogP contribution in [0.3, 0.4) is 0 Å². The second-order valence-electron chi connectivity index (χ2n) is 6.55. The first kappa shape index (κ1) is 19.0. The highest BCUT2D eigenvalue weighted by Gasteiger charge is 2.18. The van der Waals surface area contributed by atoms with Gasteiger partial charge in [-0.15, -0.1) is 0 Å². The summed E-state index contributed by atoms with van der Waals surface area (Å²) in [6.45, 7) is 0. The lowest BCUT2D eigenvalue weighted by Gasteiger charge is -2.23. The van der Waals surface area contributed by atoms with E-state index < -0.39 is 0 Å². The Morgan fingerprint density at radius 2 is 1.04 bits per heavy atom. The lowest BCUT2D eigenvalue weighted by atomic mass is 10.1. The van der Waals surface area contributed by atoms with Gasteiger partial charge < -0.3 is 17.2 Å². The number of hydrogen-bond acceptors (Lipinski definition) is 4. The minimum absolute atomic E-state index is 0.0998. The fraction of sp³-hybridized carbons (Fsp3) is 0.0909. The summed E-state index contributed by atoms with van der Waals surface area (Å²) in [6.07, 6.45) is 0.378. The van der Waals surface area contributed by atoms with Crippen molar-refractivity contribution in [2.24, 2.45) is 5.73 Å². The summed E-state index contributed by atoms with van der Waals surface area (Å²) < 4.78 is 0. The Balaban J connectivity index is 1.87. The van der Waals surface area contributed by atoms with Crippen LogP contribution in [0.5, 0.6) is 0 Å². The third-order valence-corrected chi connectivity index (χ3v) is 4.31. The smallest absolute Gasteiger partial charge is 0.235 e. The number of hydrogen-bond donors (Lipinski definition) is 3. The Bertz CT molecular complexity index is 919. The Hall–Kier alpha value is -3.80. The number of nitrogens with two attached hydrogens (primary N) is 3. The molecule has 0 saturated heterocycles. The number of primary amides is 1. The van der Waals surface area contributed by atoms with Gasteiger partial charge in [0.15, 0.2) is 0 Å². The minimum Gasteiger partial charge on any atom is -0.399 e. The zero-order valence-electron chi connectivity index (χ0n) is 15.3. The summed E-state index contributed by atoms with van der Waals surface area (Å²) in [5.41, 5.74) is 21.1. The standard InChI is InChI=1S/C22H22N4O2/c23-17-5-9-19(10-6-17)26(20-11-7-18(24)8-12-20)22(28)14-16-3-1-15(2-4-16)13-21(25)27/h1-12H,13-14,23-24H2,(H2,25,27). The number of carbonyl (C=O) groups excluding carboxylic acids is 2. The fourth-order valence-corrected chi connectivity index (χ4v) is 2.91. The molecule has 3 aromatic carbocycles. The zero-order chi connectivity index (χ0) is 20.1. The predicted molar refractivity (Wildman–Crippen MR) is 112 cm³/mol. The third-order valence-electron chi connectivity index (χ3n) is 4.31. The van der Waals surface area contributed by atoms with Gasteiger partial charge in [0.2, 0.25) is 11.8 Å². The van der Waals surface area contributed by atoms with Gasteiger partial charge in [-0.05, 0) is 59.7 Å². The number of nitrogens with zero attached hydrogens (tertiary/aromatic N) is 1. The van der Waals surface area contributed by atoms with Crippen LogP contribution in [-0.4, -0.2) is 11.8 Å². The van der Waals surface area contributed by atoms with Gasteiger partial charge in [0.05, 0.1) is 12.8 Å². The first-order valence-corrected chi connectivity index (χ1v) is 8.82.